The van der Waals surface area contributed by atoms with E-state index in [9.17, 15) is 0 Å². The van der Waals surface area contributed by atoms with Crippen molar-refractivity contribution in [1.29, 1.82) is 0 Å². The van der Waals surface area contributed by atoms with Crippen LogP contribution in [0.1, 0.15) is 16.7 Å². The van der Waals surface area contributed by atoms with Gasteiger partial charge in [-0.15, -0.1) is 0 Å². The summed E-state index contributed by atoms with van der Waals surface area (Å²) in [6.07, 6.45) is 0. The van der Waals surface area contributed by atoms with Crippen molar-refractivity contribution in [1.82, 2.24) is 0 Å². The first kappa shape index (κ1) is 15.1. The van der Waals surface area contributed by atoms with Crippen molar-refractivity contribution >= 4 is 0 Å². The molecule has 0 unspecified atom stereocenters. The van der Waals surface area contributed by atoms with Crippen molar-refractivity contribution in [3.8, 4) is 17.6 Å². The number of aliphatic hydroxyl groups excluding tert-OH is 1. The highest BCUT2D eigenvalue weighted by atomic mass is 16.5. The van der Waals surface area contributed by atoms with Crippen LogP contribution in [-0.4, -0.2) is 18.8 Å². The lowest BCUT2D eigenvalue weighted by Gasteiger charge is -2.07. The molecule has 0 aliphatic carbocycles. The van der Waals surface area contributed by atoms with Gasteiger partial charge in [-0.2, -0.15) is 0 Å². The summed E-state index contributed by atoms with van der Waals surface area (Å²) in [7, 11) is 1.65. The zero-order chi connectivity index (χ0) is 14.9. The highest BCUT2D eigenvalue weighted by Crippen LogP contribution is 2.14. The maximum atomic E-state index is 8.77. The van der Waals surface area contributed by atoms with E-state index in [1.807, 2.05) is 48.5 Å². The molecule has 0 fully saturated rings. The van der Waals surface area contributed by atoms with E-state index in [-0.39, 0.29) is 6.61 Å². The highest BCUT2D eigenvalue weighted by molar-refractivity contribution is 5.41. The van der Waals surface area contributed by atoms with Crippen molar-refractivity contribution in [3.05, 3.63) is 65.2 Å². The van der Waals surface area contributed by atoms with Crippen molar-refractivity contribution in [2.45, 2.75) is 13.2 Å². The minimum atomic E-state index is -0.138. The second-order valence-corrected chi connectivity index (χ2v) is 4.46. The molecule has 0 saturated carbocycles. The molecule has 0 bridgehead atoms. The molecule has 0 amide bonds. The standard InChI is InChI=1S/C18H18O3/c1-20-18-10-8-15(9-11-18)13-21-14-17-6-3-2-5-16(17)7-4-12-19/h2-3,5-6,8-11,19H,12-14H2,1H3. The molecule has 1 N–H and O–H groups in total. The lowest BCUT2D eigenvalue weighted by Crippen LogP contribution is -1.97. The fourth-order valence-corrected chi connectivity index (χ4v) is 1.90. The molecule has 3 heteroatoms. The molecule has 2 aromatic rings. The van der Waals surface area contributed by atoms with Gasteiger partial charge in [-0.25, -0.2) is 0 Å². The highest BCUT2D eigenvalue weighted by Gasteiger charge is 2.00. The van der Waals surface area contributed by atoms with Gasteiger partial charge in [-0.05, 0) is 29.3 Å². The zero-order valence-electron chi connectivity index (χ0n) is 12.0. The normalized spacial score (nSPS) is 9.81. The van der Waals surface area contributed by atoms with Crippen LogP contribution in [0.3, 0.4) is 0 Å². The zero-order valence-corrected chi connectivity index (χ0v) is 12.0. The van der Waals surface area contributed by atoms with Gasteiger partial charge in [0.15, 0.2) is 0 Å². The molecular formula is C18H18O3. The smallest absolute Gasteiger partial charge is 0.118 e. The Morgan fingerprint density at radius 3 is 2.48 bits per heavy atom. The van der Waals surface area contributed by atoms with Crippen molar-refractivity contribution in [2.75, 3.05) is 13.7 Å². The van der Waals surface area contributed by atoms with Gasteiger partial charge in [0.2, 0.25) is 0 Å². The molecule has 21 heavy (non-hydrogen) atoms. The first-order valence-electron chi connectivity index (χ1n) is 6.72. The van der Waals surface area contributed by atoms with Crippen LogP contribution >= 0.6 is 0 Å². The summed E-state index contributed by atoms with van der Waals surface area (Å²) in [5, 5.41) is 8.77. The molecule has 108 valence electrons. The Kier molecular flexibility index (Phi) is 5.83. The molecule has 0 aliphatic heterocycles. The van der Waals surface area contributed by atoms with Crippen molar-refractivity contribution < 1.29 is 14.6 Å². The predicted molar refractivity (Wildman–Crippen MR) is 81.9 cm³/mol. The third-order valence-corrected chi connectivity index (χ3v) is 3.00. The summed E-state index contributed by atoms with van der Waals surface area (Å²) >= 11 is 0. The first-order valence-corrected chi connectivity index (χ1v) is 6.72. The Morgan fingerprint density at radius 1 is 1.00 bits per heavy atom. The summed E-state index contributed by atoms with van der Waals surface area (Å²) in [5.41, 5.74) is 3.00. The van der Waals surface area contributed by atoms with Gasteiger partial charge in [0.1, 0.15) is 12.4 Å². The van der Waals surface area contributed by atoms with E-state index in [0.717, 1.165) is 22.4 Å². The number of hydrogen-bond acceptors (Lipinski definition) is 3. The number of rotatable bonds is 5. The second-order valence-electron chi connectivity index (χ2n) is 4.46. The van der Waals surface area contributed by atoms with E-state index >= 15 is 0 Å². The van der Waals surface area contributed by atoms with Gasteiger partial charge in [0, 0.05) is 5.56 Å². The number of methoxy groups -OCH3 is 1. The van der Waals surface area contributed by atoms with E-state index in [2.05, 4.69) is 11.8 Å². The summed E-state index contributed by atoms with van der Waals surface area (Å²) in [6, 6.07) is 15.6. The Balaban J connectivity index is 1.93. The fraction of sp³-hybridized carbons (Fsp3) is 0.222. The third kappa shape index (κ3) is 4.64. The third-order valence-electron chi connectivity index (χ3n) is 3.00. The molecular weight excluding hydrogens is 264 g/mol. The molecule has 0 radical (unpaired) electrons. The van der Waals surface area contributed by atoms with E-state index in [0.29, 0.717) is 13.2 Å². The van der Waals surface area contributed by atoms with Crippen molar-refractivity contribution in [2.24, 2.45) is 0 Å². The minimum absolute atomic E-state index is 0.138. The van der Waals surface area contributed by atoms with Gasteiger partial charge >= 0.3 is 0 Å². The van der Waals surface area contributed by atoms with Gasteiger partial charge in [0.05, 0.1) is 20.3 Å². The number of ether oxygens (including phenoxy) is 2. The fourth-order valence-electron chi connectivity index (χ4n) is 1.90. The summed E-state index contributed by atoms with van der Waals surface area (Å²) in [6.45, 7) is 0.884. The molecule has 0 aromatic heterocycles. The van der Waals surface area contributed by atoms with Crippen LogP contribution < -0.4 is 4.74 Å². The maximum Gasteiger partial charge on any atom is 0.118 e. The minimum Gasteiger partial charge on any atom is -0.497 e. The Hall–Kier alpha value is -2.28. The Morgan fingerprint density at radius 2 is 1.76 bits per heavy atom. The number of aliphatic hydroxyl groups is 1. The van der Waals surface area contributed by atoms with Gasteiger partial charge in [-0.1, -0.05) is 42.2 Å². The second kappa shape index (κ2) is 8.11. The Labute approximate surface area is 125 Å². The van der Waals surface area contributed by atoms with Crippen LogP contribution in [0.15, 0.2) is 48.5 Å². The summed E-state index contributed by atoms with van der Waals surface area (Å²) in [4.78, 5) is 0. The summed E-state index contributed by atoms with van der Waals surface area (Å²) < 4.78 is 10.8. The van der Waals surface area contributed by atoms with Crippen LogP contribution in [0.4, 0.5) is 0 Å². The van der Waals surface area contributed by atoms with E-state index in [1.54, 1.807) is 7.11 Å². The van der Waals surface area contributed by atoms with Gasteiger partial charge < -0.3 is 14.6 Å². The maximum absolute atomic E-state index is 8.77. The molecule has 0 saturated heterocycles. The van der Waals surface area contributed by atoms with E-state index in [1.165, 1.54) is 0 Å². The monoisotopic (exact) mass is 282 g/mol. The van der Waals surface area contributed by atoms with Gasteiger partial charge in [-0.3, -0.25) is 0 Å². The molecule has 2 rings (SSSR count). The van der Waals surface area contributed by atoms with Crippen LogP contribution in [0.2, 0.25) is 0 Å². The Bertz CT molecular complexity index is 621. The predicted octanol–water partition coefficient (Wildman–Crippen LogP) is 2.76. The molecule has 3 nitrogen and oxygen atoms in total. The molecule has 0 spiro atoms. The van der Waals surface area contributed by atoms with Crippen LogP contribution in [0, 0.1) is 11.8 Å². The number of benzene rings is 2. The van der Waals surface area contributed by atoms with Crippen molar-refractivity contribution in [3.63, 3.8) is 0 Å². The van der Waals surface area contributed by atoms with E-state index < -0.39 is 0 Å². The molecule has 0 heterocycles. The molecule has 0 aliphatic rings. The van der Waals surface area contributed by atoms with E-state index in [4.69, 9.17) is 14.6 Å². The molecule has 2 aromatic carbocycles. The van der Waals surface area contributed by atoms with Crippen LogP contribution in [0.25, 0.3) is 0 Å². The average Bonchev–Trinajstić information content (AvgIpc) is 2.54. The lowest BCUT2D eigenvalue weighted by molar-refractivity contribution is 0.107. The SMILES string of the molecule is COc1ccc(COCc2ccccc2C#CCO)cc1. The number of hydrogen-bond donors (Lipinski definition) is 1. The quantitative estimate of drug-likeness (QED) is 0.857. The summed E-state index contributed by atoms with van der Waals surface area (Å²) in [5.74, 6) is 6.43. The average molecular weight is 282 g/mol. The van der Waals surface area contributed by atoms with Crippen LogP contribution in [0.5, 0.6) is 5.75 Å². The van der Waals surface area contributed by atoms with Gasteiger partial charge in [0.25, 0.3) is 0 Å². The molecule has 0 atom stereocenters. The van der Waals surface area contributed by atoms with Crippen LogP contribution in [-0.2, 0) is 18.0 Å². The lowest BCUT2D eigenvalue weighted by atomic mass is 10.1. The first-order chi connectivity index (χ1) is 10.3. The largest absolute Gasteiger partial charge is 0.497 e. The topological polar surface area (TPSA) is 38.7 Å².